The van der Waals surface area contributed by atoms with E-state index in [4.69, 9.17) is 0 Å². The van der Waals surface area contributed by atoms with E-state index in [1.54, 1.807) is 0 Å². The fraction of sp³-hybridized carbons (Fsp3) is 0.348. The van der Waals surface area contributed by atoms with Gasteiger partial charge in [0.15, 0.2) is 0 Å². The van der Waals surface area contributed by atoms with Gasteiger partial charge in [0, 0.05) is 43.5 Å². The predicted molar refractivity (Wildman–Crippen MR) is 111 cm³/mol. The van der Waals surface area contributed by atoms with Crippen LogP contribution in [0.4, 0.5) is 0 Å². The minimum Gasteiger partial charge on any atom is -0.336 e. The zero-order valence-electron chi connectivity index (χ0n) is 16.5. The number of amides is 1. The Morgan fingerprint density at radius 1 is 1.07 bits per heavy atom. The van der Waals surface area contributed by atoms with Crippen LogP contribution in [-0.2, 0) is 6.42 Å². The number of aryl methyl sites for hydroxylation is 1. The Bertz CT molecular complexity index is 982. The van der Waals surface area contributed by atoms with Gasteiger partial charge in [-0.3, -0.25) is 9.78 Å². The molecule has 0 spiro atoms. The quantitative estimate of drug-likeness (QED) is 0.706. The Morgan fingerprint density at radius 2 is 1.89 bits per heavy atom. The molecule has 3 aromatic rings. The number of carbonyl (C=O) groups excluding carboxylic acids is 1. The number of likely N-dealkylation sites (N-methyl/N-ethyl adjacent to an activating group) is 1. The third-order valence-corrected chi connectivity index (χ3v) is 5.42. The Balaban J connectivity index is 1.57. The average Bonchev–Trinajstić information content (AvgIpc) is 2.89. The van der Waals surface area contributed by atoms with Crippen LogP contribution in [0.1, 0.15) is 21.7 Å². The van der Waals surface area contributed by atoms with Crippen LogP contribution in [0.3, 0.4) is 0 Å². The van der Waals surface area contributed by atoms with Gasteiger partial charge in [-0.15, -0.1) is 0 Å². The van der Waals surface area contributed by atoms with Gasteiger partial charge in [0.05, 0.1) is 5.52 Å². The first-order chi connectivity index (χ1) is 13.6. The molecule has 1 aliphatic heterocycles. The summed E-state index contributed by atoms with van der Waals surface area (Å²) in [5, 5.41) is 1.17. The SMILES string of the molecule is Cc1cccc(C(=O)N2CCN(C)C[C@H](Cc3cccc4cccnc34)C2)n1. The van der Waals surface area contributed by atoms with Gasteiger partial charge >= 0.3 is 0 Å². The average molecular weight is 374 g/mol. The smallest absolute Gasteiger partial charge is 0.272 e. The second kappa shape index (κ2) is 8.07. The highest BCUT2D eigenvalue weighted by atomic mass is 16.2. The van der Waals surface area contributed by atoms with Crippen molar-refractivity contribution in [1.29, 1.82) is 0 Å². The van der Waals surface area contributed by atoms with E-state index in [0.29, 0.717) is 11.6 Å². The second-order valence-electron chi connectivity index (χ2n) is 7.74. The van der Waals surface area contributed by atoms with Crippen LogP contribution in [0, 0.1) is 12.8 Å². The molecule has 0 bridgehead atoms. The Labute approximate surface area is 166 Å². The third kappa shape index (κ3) is 4.04. The number of rotatable bonds is 3. The lowest BCUT2D eigenvalue weighted by molar-refractivity contribution is 0.0740. The highest BCUT2D eigenvalue weighted by Crippen LogP contribution is 2.22. The third-order valence-electron chi connectivity index (χ3n) is 5.42. The van der Waals surface area contributed by atoms with Crippen molar-refractivity contribution < 1.29 is 4.79 Å². The van der Waals surface area contributed by atoms with Gasteiger partial charge in [-0.25, -0.2) is 4.98 Å². The molecule has 1 amide bonds. The van der Waals surface area contributed by atoms with Crippen molar-refractivity contribution in [1.82, 2.24) is 19.8 Å². The Hall–Kier alpha value is -2.79. The molecule has 1 fully saturated rings. The van der Waals surface area contributed by atoms with E-state index in [2.05, 4.69) is 46.2 Å². The lowest BCUT2D eigenvalue weighted by Gasteiger charge is -2.24. The van der Waals surface area contributed by atoms with Crippen LogP contribution in [-0.4, -0.2) is 58.9 Å². The van der Waals surface area contributed by atoms with Gasteiger partial charge in [0.2, 0.25) is 0 Å². The van der Waals surface area contributed by atoms with Gasteiger partial charge in [0.1, 0.15) is 5.69 Å². The van der Waals surface area contributed by atoms with E-state index in [-0.39, 0.29) is 5.91 Å². The van der Waals surface area contributed by atoms with E-state index in [0.717, 1.165) is 43.8 Å². The minimum atomic E-state index is 0.0278. The maximum absolute atomic E-state index is 13.1. The monoisotopic (exact) mass is 374 g/mol. The Kier molecular flexibility index (Phi) is 5.35. The summed E-state index contributed by atoms with van der Waals surface area (Å²) in [5.74, 6) is 0.383. The molecule has 1 aromatic carbocycles. The fourth-order valence-electron chi connectivity index (χ4n) is 4.07. The summed E-state index contributed by atoms with van der Waals surface area (Å²) in [4.78, 5) is 26.4. The van der Waals surface area contributed by atoms with E-state index >= 15 is 0 Å². The van der Waals surface area contributed by atoms with Gasteiger partial charge < -0.3 is 9.80 Å². The number of hydrogen-bond donors (Lipinski definition) is 0. The van der Waals surface area contributed by atoms with Gasteiger partial charge in [-0.2, -0.15) is 0 Å². The van der Waals surface area contributed by atoms with Crippen molar-refractivity contribution in [3.8, 4) is 0 Å². The van der Waals surface area contributed by atoms with Gasteiger partial charge in [0.25, 0.3) is 5.91 Å². The molecular weight excluding hydrogens is 348 g/mol. The molecule has 4 rings (SSSR count). The zero-order valence-corrected chi connectivity index (χ0v) is 16.5. The van der Waals surface area contributed by atoms with Crippen molar-refractivity contribution in [2.24, 2.45) is 5.92 Å². The number of hydrogen-bond acceptors (Lipinski definition) is 4. The van der Waals surface area contributed by atoms with Gasteiger partial charge in [-0.1, -0.05) is 30.3 Å². The Morgan fingerprint density at radius 3 is 2.75 bits per heavy atom. The molecule has 144 valence electrons. The molecule has 5 heteroatoms. The molecule has 5 nitrogen and oxygen atoms in total. The van der Waals surface area contributed by atoms with Crippen LogP contribution in [0.25, 0.3) is 10.9 Å². The molecule has 0 aliphatic carbocycles. The van der Waals surface area contributed by atoms with Crippen LogP contribution >= 0.6 is 0 Å². The van der Waals surface area contributed by atoms with Crippen LogP contribution in [0.15, 0.2) is 54.7 Å². The maximum atomic E-state index is 13.1. The lowest BCUT2D eigenvalue weighted by Crippen LogP contribution is -2.37. The molecule has 0 radical (unpaired) electrons. The van der Waals surface area contributed by atoms with Crippen LogP contribution < -0.4 is 0 Å². The summed E-state index contributed by atoms with van der Waals surface area (Å²) in [6.45, 7) is 5.23. The first-order valence-corrected chi connectivity index (χ1v) is 9.84. The second-order valence-corrected chi connectivity index (χ2v) is 7.74. The van der Waals surface area contributed by atoms with Crippen LogP contribution in [0.2, 0.25) is 0 Å². The molecule has 0 saturated carbocycles. The van der Waals surface area contributed by atoms with Gasteiger partial charge in [-0.05, 0) is 50.1 Å². The summed E-state index contributed by atoms with van der Waals surface area (Å²) in [6.07, 6.45) is 2.76. The topological polar surface area (TPSA) is 49.3 Å². The summed E-state index contributed by atoms with van der Waals surface area (Å²) in [7, 11) is 2.13. The zero-order chi connectivity index (χ0) is 19.5. The number of benzene rings is 1. The van der Waals surface area contributed by atoms with Crippen molar-refractivity contribution in [2.75, 3.05) is 33.2 Å². The highest BCUT2D eigenvalue weighted by molar-refractivity contribution is 5.92. The normalized spacial score (nSPS) is 18.2. The number of carbonyl (C=O) groups is 1. The lowest BCUT2D eigenvalue weighted by atomic mass is 9.96. The molecule has 0 N–H and O–H groups in total. The molecule has 1 atom stereocenters. The molecular formula is C23H26N4O. The number of fused-ring (bicyclic) bond motifs is 1. The molecule has 2 aromatic heterocycles. The van der Waals surface area contributed by atoms with Crippen molar-refractivity contribution >= 4 is 16.8 Å². The predicted octanol–water partition coefficient (Wildman–Crippen LogP) is 3.18. The van der Waals surface area contributed by atoms with Crippen molar-refractivity contribution in [3.05, 3.63) is 71.7 Å². The molecule has 1 saturated heterocycles. The first kappa shape index (κ1) is 18.6. The number of aromatic nitrogens is 2. The first-order valence-electron chi connectivity index (χ1n) is 9.84. The summed E-state index contributed by atoms with van der Waals surface area (Å²) < 4.78 is 0. The van der Waals surface area contributed by atoms with E-state index in [1.807, 2.05) is 42.3 Å². The number of para-hydroxylation sites is 1. The molecule has 0 unspecified atom stereocenters. The number of nitrogens with zero attached hydrogens (tertiary/aromatic N) is 4. The maximum Gasteiger partial charge on any atom is 0.272 e. The molecule has 1 aliphatic rings. The highest BCUT2D eigenvalue weighted by Gasteiger charge is 2.26. The van der Waals surface area contributed by atoms with E-state index < -0.39 is 0 Å². The van der Waals surface area contributed by atoms with E-state index in [9.17, 15) is 4.79 Å². The molecule has 3 heterocycles. The fourth-order valence-corrected chi connectivity index (χ4v) is 4.07. The minimum absolute atomic E-state index is 0.0278. The van der Waals surface area contributed by atoms with Crippen molar-refractivity contribution in [2.45, 2.75) is 13.3 Å². The van der Waals surface area contributed by atoms with Crippen LogP contribution in [0.5, 0.6) is 0 Å². The van der Waals surface area contributed by atoms with Crippen molar-refractivity contribution in [3.63, 3.8) is 0 Å². The summed E-state index contributed by atoms with van der Waals surface area (Å²) >= 11 is 0. The summed E-state index contributed by atoms with van der Waals surface area (Å²) in [6, 6.07) is 16.1. The summed E-state index contributed by atoms with van der Waals surface area (Å²) in [5.41, 5.74) is 3.72. The molecule has 28 heavy (non-hydrogen) atoms. The van der Waals surface area contributed by atoms with E-state index in [1.165, 1.54) is 10.9 Å². The number of pyridine rings is 2. The standard InChI is InChI=1S/C23H26N4O/c1-17-6-3-10-21(25-17)23(28)27-13-12-26(2)15-18(16-27)14-20-8-4-7-19-9-5-11-24-22(19)20/h3-11,18H,12-16H2,1-2H3/t18-/m0/s1. The largest absolute Gasteiger partial charge is 0.336 e.